The van der Waals surface area contributed by atoms with E-state index in [4.69, 9.17) is 28.4 Å². The summed E-state index contributed by atoms with van der Waals surface area (Å²) in [6.07, 6.45) is 2.98. The van der Waals surface area contributed by atoms with Crippen LogP contribution in [-0.2, 0) is 24.6 Å². The summed E-state index contributed by atoms with van der Waals surface area (Å²) in [4.78, 5) is 25.9. The van der Waals surface area contributed by atoms with Crippen molar-refractivity contribution in [3.63, 3.8) is 0 Å². The van der Waals surface area contributed by atoms with Gasteiger partial charge in [-0.1, -0.05) is 91.0 Å². The van der Waals surface area contributed by atoms with Gasteiger partial charge in [-0.15, -0.1) is 0 Å². The molecule has 0 saturated carbocycles. The molecule has 0 aliphatic rings. The molecule has 0 N–H and O–H groups in total. The van der Waals surface area contributed by atoms with Crippen LogP contribution in [0.25, 0.3) is 6.08 Å². The molecule has 0 spiro atoms. The lowest BCUT2D eigenvalue weighted by Crippen LogP contribution is -2.09. The average Bonchev–Trinajstić information content (AvgIpc) is 3.12. The van der Waals surface area contributed by atoms with Crippen molar-refractivity contribution in [3.8, 4) is 34.5 Å². The van der Waals surface area contributed by atoms with E-state index in [9.17, 15) is 9.59 Å². The zero-order chi connectivity index (χ0) is 33.7. The molecule has 0 aliphatic carbocycles. The highest BCUT2D eigenvalue weighted by Crippen LogP contribution is 2.42. The Balaban J connectivity index is 1.47. The van der Waals surface area contributed by atoms with Crippen LogP contribution in [0.15, 0.2) is 121 Å². The Hall–Kier alpha value is -6.02. The van der Waals surface area contributed by atoms with Crippen molar-refractivity contribution in [2.24, 2.45) is 0 Å². The van der Waals surface area contributed by atoms with Crippen LogP contribution >= 0.6 is 0 Å². The third kappa shape index (κ3) is 8.82. The predicted octanol–water partition coefficient (Wildman–Crippen LogP) is 8.26. The molecule has 0 radical (unpaired) electrons. The number of hydrogen-bond donors (Lipinski definition) is 0. The first kappa shape index (κ1) is 33.3. The minimum atomic E-state index is -0.586. The van der Waals surface area contributed by atoms with Gasteiger partial charge in [-0.3, -0.25) is 9.59 Å². The molecule has 5 aromatic carbocycles. The molecule has 0 fully saturated rings. The second-order valence-electron chi connectivity index (χ2n) is 10.6. The van der Waals surface area contributed by atoms with Crippen molar-refractivity contribution in [1.29, 1.82) is 0 Å². The van der Waals surface area contributed by atoms with E-state index in [-0.39, 0.29) is 31.1 Å². The second kappa shape index (κ2) is 16.5. The molecule has 5 aromatic rings. The van der Waals surface area contributed by atoms with Crippen LogP contribution in [0.5, 0.6) is 34.5 Å². The Morgan fingerprint density at radius 3 is 1.58 bits per heavy atom. The number of esters is 1. The minimum absolute atomic E-state index is 0.0425. The number of methoxy groups -OCH3 is 2. The van der Waals surface area contributed by atoms with Crippen LogP contribution in [0.1, 0.15) is 39.5 Å². The average molecular weight is 645 g/mol. The predicted molar refractivity (Wildman–Crippen MR) is 183 cm³/mol. The normalized spacial score (nSPS) is 10.7. The van der Waals surface area contributed by atoms with Crippen molar-refractivity contribution in [3.05, 3.63) is 149 Å². The van der Waals surface area contributed by atoms with Crippen molar-refractivity contribution < 1.29 is 38.0 Å². The van der Waals surface area contributed by atoms with E-state index in [0.717, 1.165) is 16.7 Å². The first-order valence-corrected chi connectivity index (χ1v) is 15.3. The van der Waals surface area contributed by atoms with E-state index < -0.39 is 11.8 Å². The van der Waals surface area contributed by atoms with E-state index in [1.54, 1.807) is 25.3 Å². The van der Waals surface area contributed by atoms with Crippen LogP contribution < -0.4 is 28.4 Å². The zero-order valence-electron chi connectivity index (χ0n) is 27.0. The Morgan fingerprint density at radius 2 is 1.08 bits per heavy atom. The Bertz CT molecular complexity index is 1850. The van der Waals surface area contributed by atoms with E-state index in [1.807, 2.05) is 91.0 Å². The monoisotopic (exact) mass is 644 g/mol. The van der Waals surface area contributed by atoms with Gasteiger partial charge in [0.1, 0.15) is 25.6 Å². The van der Waals surface area contributed by atoms with E-state index in [0.29, 0.717) is 34.3 Å². The van der Waals surface area contributed by atoms with Crippen LogP contribution in [0.4, 0.5) is 0 Å². The maximum atomic E-state index is 13.8. The maximum absolute atomic E-state index is 13.8. The minimum Gasteiger partial charge on any atom is -0.493 e. The molecule has 0 heterocycles. The van der Waals surface area contributed by atoms with Crippen LogP contribution in [0, 0.1) is 0 Å². The molecule has 8 heteroatoms. The summed E-state index contributed by atoms with van der Waals surface area (Å²) in [7, 11) is 3.07. The van der Waals surface area contributed by atoms with E-state index >= 15 is 0 Å². The van der Waals surface area contributed by atoms with Gasteiger partial charge in [0.2, 0.25) is 5.75 Å². The first-order valence-electron chi connectivity index (χ1n) is 15.3. The smallest absolute Gasteiger partial charge is 0.308 e. The van der Waals surface area contributed by atoms with Crippen molar-refractivity contribution in [2.75, 3.05) is 14.2 Å². The molecule has 8 nitrogen and oxygen atoms in total. The summed E-state index contributed by atoms with van der Waals surface area (Å²) >= 11 is 0. The lowest BCUT2D eigenvalue weighted by atomic mass is 10.1. The molecule has 0 atom stereocenters. The highest BCUT2D eigenvalue weighted by Gasteiger charge is 2.21. The largest absolute Gasteiger partial charge is 0.493 e. The molecule has 48 heavy (non-hydrogen) atoms. The Labute approximate surface area is 280 Å². The van der Waals surface area contributed by atoms with Crippen molar-refractivity contribution in [2.45, 2.75) is 26.7 Å². The summed E-state index contributed by atoms with van der Waals surface area (Å²) in [6, 6.07) is 35.5. The summed E-state index contributed by atoms with van der Waals surface area (Å²) in [6.45, 7) is 2.03. The van der Waals surface area contributed by atoms with Crippen LogP contribution in [0.2, 0.25) is 0 Å². The molecule has 244 valence electrons. The molecular formula is C40H36O8. The summed E-state index contributed by atoms with van der Waals surface area (Å²) < 4.78 is 35.2. The SMILES string of the molecule is COc1ccc(C=CC(=O)c2cc(OCc3ccccc3)c(OCc3ccccc3)cc2OC(C)=O)c(OC)c1OCc1ccccc1. The number of allylic oxidation sites excluding steroid dienone is 1. The number of ether oxygens (including phenoxy) is 6. The quantitative estimate of drug-likeness (QED) is 0.0487. The molecule has 0 bridgehead atoms. The first-order chi connectivity index (χ1) is 23.4. The highest BCUT2D eigenvalue weighted by molar-refractivity contribution is 6.09. The zero-order valence-corrected chi connectivity index (χ0v) is 27.0. The van der Waals surface area contributed by atoms with Gasteiger partial charge in [-0.2, -0.15) is 0 Å². The molecule has 0 amide bonds. The lowest BCUT2D eigenvalue weighted by molar-refractivity contribution is -0.131. The molecule has 0 saturated heterocycles. The fraction of sp³-hybridized carbons (Fsp3) is 0.150. The fourth-order valence-electron chi connectivity index (χ4n) is 4.85. The van der Waals surface area contributed by atoms with Gasteiger partial charge in [0.15, 0.2) is 28.8 Å². The van der Waals surface area contributed by atoms with Crippen LogP contribution in [0.3, 0.4) is 0 Å². The Kier molecular flexibility index (Phi) is 11.5. The molecule has 0 unspecified atom stereocenters. The topological polar surface area (TPSA) is 89.5 Å². The third-order valence-corrected chi connectivity index (χ3v) is 7.21. The van der Waals surface area contributed by atoms with E-state index in [1.165, 1.54) is 32.2 Å². The maximum Gasteiger partial charge on any atom is 0.308 e. The van der Waals surface area contributed by atoms with Gasteiger partial charge in [-0.25, -0.2) is 0 Å². The number of benzene rings is 5. The second-order valence-corrected chi connectivity index (χ2v) is 10.6. The summed E-state index contributed by atoms with van der Waals surface area (Å²) in [5, 5.41) is 0. The van der Waals surface area contributed by atoms with Gasteiger partial charge >= 0.3 is 5.97 Å². The Morgan fingerprint density at radius 1 is 0.562 bits per heavy atom. The number of carbonyl (C=O) groups excluding carboxylic acids is 2. The summed E-state index contributed by atoms with van der Waals surface area (Å²) in [5.41, 5.74) is 3.53. The number of ketones is 1. The third-order valence-electron chi connectivity index (χ3n) is 7.21. The molecule has 0 aliphatic heterocycles. The van der Waals surface area contributed by atoms with Gasteiger partial charge in [0.05, 0.1) is 19.8 Å². The van der Waals surface area contributed by atoms with Crippen LogP contribution in [-0.4, -0.2) is 26.0 Å². The highest BCUT2D eigenvalue weighted by atomic mass is 16.5. The molecular weight excluding hydrogens is 608 g/mol. The van der Waals surface area contributed by atoms with Gasteiger partial charge in [-0.05, 0) is 47.0 Å². The fourth-order valence-corrected chi connectivity index (χ4v) is 4.85. The number of carbonyl (C=O) groups is 2. The summed E-state index contributed by atoms with van der Waals surface area (Å²) in [5.74, 6) is 0.939. The number of hydrogen-bond acceptors (Lipinski definition) is 8. The van der Waals surface area contributed by atoms with Crippen molar-refractivity contribution >= 4 is 17.8 Å². The van der Waals surface area contributed by atoms with Gasteiger partial charge in [0.25, 0.3) is 0 Å². The lowest BCUT2D eigenvalue weighted by Gasteiger charge is -2.17. The standard InChI is InChI=1S/C40H36O8/c1-28(41)48-36-24-38(46-26-30-15-9-5-10-16-30)37(45-25-29-13-7-4-8-14-29)23-33(36)34(42)21-19-32-20-22-35(43-2)40(39(32)44-3)47-27-31-17-11-6-12-18-31/h4-24H,25-27H2,1-3H3. The van der Waals surface area contributed by atoms with Crippen molar-refractivity contribution in [1.82, 2.24) is 0 Å². The number of rotatable bonds is 15. The van der Waals surface area contributed by atoms with E-state index in [2.05, 4.69) is 0 Å². The van der Waals surface area contributed by atoms with Gasteiger partial charge < -0.3 is 28.4 Å². The van der Waals surface area contributed by atoms with Gasteiger partial charge in [0, 0.05) is 18.6 Å². The molecule has 0 aromatic heterocycles. The molecule has 5 rings (SSSR count).